The number of aromatic nitrogens is 3. The Balaban J connectivity index is 1.33. The van der Waals surface area contributed by atoms with E-state index >= 15 is 0 Å². The molecule has 31 heavy (non-hydrogen) atoms. The first-order valence-corrected chi connectivity index (χ1v) is 12.5. The summed E-state index contributed by atoms with van der Waals surface area (Å²) in [5.41, 5.74) is 2.87. The van der Waals surface area contributed by atoms with Crippen LogP contribution in [0.4, 0.5) is 5.00 Å². The van der Waals surface area contributed by atoms with Crippen LogP contribution in [0.1, 0.15) is 65.1 Å². The van der Waals surface area contributed by atoms with Gasteiger partial charge in [-0.05, 0) is 63.1 Å². The monoisotopic (exact) mass is 452 g/mol. The van der Waals surface area contributed by atoms with Crippen molar-refractivity contribution in [3.63, 3.8) is 0 Å². The van der Waals surface area contributed by atoms with Gasteiger partial charge in [0.15, 0.2) is 10.9 Å². The van der Waals surface area contributed by atoms with Crippen molar-refractivity contribution >= 4 is 39.8 Å². The van der Waals surface area contributed by atoms with Gasteiger partial charge >= 0.3 is 0 Å². The Labute approximate surface area is 189 Å². The van der Waals surface area contributed by atoms with Crippen LogP contribution in [0, 0.1) is 0 Å². The zero-order chi connectivity index (χ0) is 21.4. The highest BCUT2D eigenvalue weighted by Crippen LogP contribution is 2.41. The molecule has 1 saturated carbocycles. The molecule has 0 unspecified atom stereocenters. The molecule has 0 bridgehead atoms. The number of nitrogens with one attached hydrogen (secondary N) is 1. The molecule has 160 valence electrons. The van der Waals surface area contributed by atoms with Crippen LogP contribution in [-0.4, -0.2) is 32.2 Å². The minimum absolute atomic E-state index is 0.0280. The van der Waals surface area contributed by atoms with Crippen LogP contribution >= 0.6 is 23.1 Å². The summed E-state index contributed by atoms with van der Waals surface area (Å²) in [5.74, 6) is 1.54. The minimum Gasteiger partial charge on any atom is -0.316 e. The lowest BCUT2D eigenvalue weighted by Gasteiger charge is -2.11. The maximum atomic E-state index is 12.8. The highest BCUT2D eigenvalue weighted by Gasteiger charge is 2.31. The van der Waals surface area contributed by atoms with E-state index in [1.165, 1.54) is 16.6 Å². The molecule has 1 N–H and O–H groups in total. The summed E-state index contributed by atoms with van der Waals surface area (Å²) >= 11 is 2.94. The number of rotatable bonds is 7. The molecule has 6 nitrogen and oxygen atoms in total. The number of anilines is 1. The predicted molar refractivity (Wildman–Crippen MR) is 124 cm³/mol. The lowest BCUT2D eigenvalue weighted by Crippen LogP contribution is -2.16. The molecule has 2 heterocycles. The zero-order valence-electron chi connectivity index (χ0n) is 17.4. The normalized spacial score (nSPS) is 15.5. The lowest BCUT2D eigenvalue weighted by molar-refractivity contribution is -0.113. The molecule has 1 fully saturated rings. The topological polar surface area (TPSA) is 76.9 Å². The van der Waals surface area contributed by atoms with Crippen LogP contribution in [0.25, 0.3) is 5.69 Å². The van der Waals surface area contributed by atoms with Crippen molar-refractivity contribution in [3.05, 3.63) is 52.2 Å². The van der Waals surface area contributed by atoms with Gasteiger partial charge in [0.25, 0.3) is 0 Å². The molecule has 0 atom stereocenters. The maximum absolute atomic E-state index is 12.8. The fraction of sp³-hybridized carbons (Fsp3) is 0.391. The van der Waals surface area contributed by atoms with Crippen molar-refractivity contribution in [1.82, 2.24) is 14.8 Å². The third-order valence-electron chi connectivity index (χ3n) is 5.72. The van der Waals surface area contributed by atoms with Gasteiger partial charge in [0.05, 0.1) is 11.3 Å². The number of aryl methyl sites for hydroxylation is 1. The lowest BCUT2D eigenvalue weighted by atomic mass is 9.94. The highest BCUT2D eigenvalue weighted by molar-refractivity contribution is 7.99. The summed E-state index contributed by atoms with van der Waals surface area (Å²) in [6, 6.07) is 10.0. The number of carbonyl (C=O) groups excluding carboxylic acids is 2. The van der Waals surface area contributed by atoms with E-state index in [1.54, 1.807) is 18.3 Å². The third kappa shape index (κ3) is 4.19. The third-order valence-corrected chi connectivity index (χ3v) is 7.86. The summed E-state index contributed by atoms with van der Waals surface area (Å²) in [7, 11) is 0. The quantitative estimate of drug-likeness (QED) is 0.402. The zero-order valence-corrected chi connectivity index (χ0v) is 19.0. The summed E-state index contributed by atoms with van der Waals surface area (Å²) in [6.45, 7) is 1.59. The van der Waals surface area contributed by atoms with Crippen LogP contribution in [-0.2, 0) is 17.6 Å². The van der Waals surface area contributed by atoms with E-state index in [0.717, 1.165) is 60.8 Å². The van der Waals surface area contributed by atoms with Crippen LogP contribution in [0.5, 0.6) is 0 Å². The van der Waals surface area contributed by atoms with E-state index in [0.29, 0.717) is 16.5 Å². The van der Waals surface area contributed by atoms with Crippen molar-refractivity contribution in [3.8, 4) is 5.69 Å². The molecule has 1 amide bonds. The molecule has 0 aliphatic heterocycles. The Morgan fingerprint density at radius 3 is 2.68 bits per heavy atom. The SMILES string of the molecule is CC(=O)c1c(NC(=O)CSc2nnc(C3CC3)n2-c2ccccc2)sc2c1CCCC2. The average Bonchev–Trinajstić information content (AvgIpc) is 3.42. The van der Waals surface area contributed by atoms with Crippen molar-refractivity contribution in [2.24, 2.45) is 0 Å². The van der Waals surface area contributed by atoms with E-state index in [-0.39, 0.29) is 17.4 Å². The predicted octanol–water partition coefficient (Wildman–Crippen LogP) is 5.02. The number of hydrogen-bond donors (Lipinski definition) is 1. The number of benzene rings is 1. The average molecular weight is 453 g/mol. The Kier molecular flexibility index (Phi) is 5.67. The van der Waals surface area contributed by atoms with Crippen molar-refractivity contribution in [2.75, 3.05) is 11.1 Å². The molecule has 2 aliphatic carbocycles. The Bertz CT molecular complexity index is 1130. The number of carbonyl (C=O) groups is 2. The molecule has 5 rings (SSSR count). The fourth-order valence-electron chi connectivity index (χ4n) is 4.12. The van der Waals surface area contributed by atoms with Crippen LogP contribution in [0.15, 0.2) is 35.5 Å². The molecule has 8 heteroatoms. The molecule has 0 spiro atoms. The molecule has 1 aromatic carbocycles. The van der Waals surface area contributed by atoms with Gasteiger partial charge in [0.2, 0.25) is 5.91 Å². The minimum atomic E-state index is -0.123. The molecule has 0 saturated heterocycles. The number of hydrogen-bond acceptors (Lipinski definition) is 6. The fourth-order valence-corrected chi connectivity index (χ4v) is 6.23. The second-order valence-corrected chi connectivity index (χ2v) is 10.1. The number of ketones is 1. The number of para-hydroxylation sites is 1. The highest BCUT2D eigenvalue weighted by atomic mass is 32.2. The van der Waals surface area contributed by atoms with Crippen molar-refractivity contribution in [1.29, 1.82) is 0 Å². The van der Waals surface area contributed by atoms with E-state index in [9.17, 15) is 9.59 Å². The van der Waals surface area contributed by atoms with Gasteiger partial charge in [-0.3, -0.25) is 14.2 Å². The largest absolute Gasteiger partial charge is 0.316 e. The van der Waals surface area contributed by atoms with Gasteiger partial charge in [-0.15, -0.1) is 21.5 Å². The summed E-state index contributed by atoms with van der Waals surface area (Å²) in [6.07, 6.45) is 6.43. The van der Waals surface area contributed by atoms with Gasteiger partial charge in [-0.25, -0.2) is 0 Å². The van der Waals surface area contributed by atoms with Crippen molar-refractivity contribution in [2.45, 2.75) is 56.5 Å². The molecule has 3 aromatic rings. The Morgan fingerprint density at radius 1 is 1.16 bits per heavy atom. The van der Waals surface area contributed by atoms with Crippen LogP contribution < -0.4 is 5.32 Å². The van der Waals surface area contributed by atoms with Gasteiger partial charge in [-0.2, -0.15) is 0 Å². The number of thiophene rings is 1. The van der Waals surface area contributed by atoms with Gasteiger partial charge in [0, 0.05) is 16.5 Å². The van der Waals surface area contributed by atoms with Crippen LogP contribution in [0.2, 0.25) is 0 Å². The first-order valence-electron chi connectivity index (χ1n) is 10.7. The molecular formula is C23H24N4O2S2. The standard InChI is InChI=1S/C23H24N4O2S2/c1-14(28)20-17-9-5-6-10-18(17)31-22(20)24-19(29)13-30-23-26-25-21(15-11-12-15)27(23)16-7-3-2-4-8-16/h2-4,7-8,15H,5-6,9-13H2,1H3,(H,24,29). The van der Waals surface area contributed by atoms with E-state index < -0.39 is 0 Å². The smallest absolute Gasteiger partial charge is 0.235 e. The van der Waals surface area contributed by atoms with Crippen LogP contribution in [0.3, 0.4) is 0 Å². The number of thioether (sulfide) groups is 1. The number of Topliss-reactive ketones (excluding diaryl/α,β-unsaturated/α-hetero) is 1. The molecule has 2 aromatic heterocycles. The summed E-state index contributed by atoms with van der Waals surface area (Å²) in [5, 5.41) is 13.2. The second kappa shape index (κ2) is 8.59. The van der Waals surface area contributed by atoms with E-state index in [4.69, 9.17) is 0 Å². The Morgan fingerprint density at radius 2 is 1.94 bits per heavy atom. The van der Waals surface area contributed by atoms with Gasteiger partial charge in [-0.1, -0.05) is 30.0 Å². The molecular weight excluding hydrogens is 428 g/mol. The van der Waals surface area contributed by atoms with E-state index in [1.807, 2.05) is 30.3 Å². The first kappa shape index (κ1) is 20.5. The van der Waals surface area contributed by atoms with Crippen molar-refractivity contribution < 1.29 is 9.59 Å². The summed E-state index contributed by atoms with van der Waals surface area (Å²) in [4.78, 5) is 26.3. The first-order chi connectivity index (χ1) is 15.1. The Hall–Kier alpha value is -2.45. The summed E-state index contributed by atoms with van der Waals surface area (Å²) < 4.78 is 2.07. The number of nitrogens with zero attached hydrogens (tertiary/aromatic N) is 3. The molecule has 2 aliphatic rings. The second-order valence-electron chi connectivity index (χ2n) is 8.09. The van der Waals surface area contributed by atoms with Gasteiger partial charge in [0.1, 0.15) is 10.8 Å². The van der Waals surface area contributed by atoms with E-state index in [2.05, 4.69) is 20.1 Å². The molecule has 0 radical (unpaired) electrons. The number of fused-ring (bicyclic) bond motifs is 1. The van der Waals surface area contributed by atoms with Gasteiger partial charge < -0.3 is 5.32 Å². The number of amides is 1. The maximum Gasteiger partial charge on any atom is 0.235 e.